The third-order valence-corrected chi connectivity index (χ3v) is 5.78. The number of carbonyl (C=O) groups excluding carboxylic acids is 2. The summed E-state index contributed by atoms with van der Waals surface area (Å²) in [6, 6.07) is 13.8. The zero-order valence-corrected chi connectivity index (χ0v) is 16.8. The molecule has 0 aliphatic heterocycles. The molecule has 0 atom stereocenters. The minimum atomic E-state index is -0.625. The van der Waals surface area contributed by atoms with Gasteiger partial charge in [0.1, 0.15) is 5.75 Å². The van der Waals surface area contributed by atoms with Crippen molar-refractivity contribution in [2.75, 3.05) is 19.0 Å². The van der Waals surface area contributed by atoms with Gasteiger partial charge in [0, 0.05) is 17.6 Å². The number of ether oxygens (including phenoxy) is 1. The molecule has 1 saturated carbocycles. The first kappa shape index (κ1) is 19.9. The molecular formula is C23H28N2O3. The molecule has 5 nitrogen and oxygen atoms in total. The van der Waals surface area contributed by atoms with Crippen LogP contribution in [0, 0.1) is 13.8 Å². The molecule has 1 aliphatic carbocycles. The molecule has 0 spiro atoms. The van der Waals surface area contributed by atoms with Crippen molar-refractivity contribution in [1.29, 1.82) is 0 Å². The molecule has 5 heteroatoms. The maximum absolute atomic E-state index is 12.5. The van der Waals surface area contributed by atoms with Gasteiger partial charge in [0.25, 0.3) is 0 Å². The lowest BCUT2D eigenvalue weighted by Gasteiger charge is -2.30. The quantitative estimate of drug-likeness (QED) is 0.774. The van der Waals surface area contributed by atoms with Crippen LogP contribution in [0.4, 0.5) is 5.69 Å². The van der Waals surface area contributed by atoms with Crippen LogP contribution in [-0.2, 0) is 15.0 Å². The molecule has 2 amide bonds. The summed E-state index contributed by atoms with van der Waals surface area (Å²) in [5.41, 5.74) is 3.63. The van der Waals surface area contributed by atoms with Crippen molar-refractivity contribution in [2.45, 2.75) is 44.9 Å². The number of aryl methyl sites for hydroxylation is 2. The van der Waals surface area contributed by atoms with Gasteiger partial charge >= 0.3 is 11.8 Å². The van der Waals surface area contributed by atoms with Crippen molar-refractivity contribution in [3.8, 4) is 5.75 Å². The third-order valence-electron chi connectivity index (χ3n) is 5.78. The molecule has 2 aromatic carbocycles. The lowest BCUT2D eigenvalue weighted by molar-refractivity contribution is -0.136. The molecule has 2 N–H and O–H groups in total. The summed E-state index contributed by atoms with van der Waals surface area (Å²) >= 11 is 0. The second-order valence-electron chi connectivity index (χ2n) is 7.62. The van der Waals surface area contributed by atoms with Gasteiger partial charge in [0.05, 0.1) is 7.11 Å². The molecule has 28 heavy (non-hydrogen) atoms. The Bertz CT molecular complexity index is 832. The van der Waals surface area contributed by atoms with Gasteiger partial charge in [-0.2, -0.15) is 0 Å². The van der Waals surface area contributed by atoms with Crippen LogP contribution < -0.4 is 15.4 Å². The first-order chi connectivity index (χ1) is 13.4. The number of methoxy groups -OCH3 is 1. The van der Waals surface area contributed by atoms with Crippen LogP contribution in [0.3, 0.4) is 0 Å². The molecule has 0 aromatic heterocycles. The van der Waals surface area contributed by atoms with E-state index < -0.39 is 11.8 Å². The van der Waals surface area contributed by atoms with Gasteiger partial charge in [-0.1, -0.05) is 43.2 Å². The molecule has 0 bridgehead atoms. The molecule has 0 heterocycles. The Balaban J connectivity index is 1.68. The monoisotopic (exact) mass is 380 g/mol. The number of para-hydroxylation sites is 1. The normalized spacial score (nSPS) is 15.1. The highest BCUT2D eigenvalue weighted by Crippen LogP contribution is 2.41. The standard InChI is InChI=1S/C23H28N2O3/c1-16-7-6-8-17(2)20(16)25-22(27)21(26)24-15-23(13-4-5-14-23)18-9-11-19(28-3)12-10-18/h6-12H,4-5,13-15H2,1-3H3,(H,24,26)(H,25,27). The Hall–Kier alpha value is -2.82. The predicted octanol–water partition coefficient (Wildman–Crippen LogP) is 3.88. The maximum atomic E-state index is 12.5. The average molecular weight is 380 g/mol. The van der Waals surface area contributed by atoms with E-state index in [1.165, 1.54) is 5.56 Å². The van der Waals surface area contributed by atoms with Crippen LogP contribution >= 0.6 is 0 Å². The van der Waals surface area contributed by atoms with Crippen LogP contribution in [0.1, 0.15) is 42.4 Å². The van der Waals surface area contributed by atoms with E-state index in [1.807, 2.05) is 44.2 Å². The summed E-state index contributed by atoms with van der Waals surface area (Å²) < 4.78 is 5.25. The average Bonchev–Trinajstić information content (AvgIpc) is 3.19. The molecule has 2 aromatic rings. The Morgan fingerprint density at radius 3 is 2.14 bits per heavy atom. The molecular weight excluding hydrogens is 352 g/mol. The number of benzene rings is 2. The number of carbonyl (C=O) groups is 2. The zero-order chi connectivity index (χ0) is 20.1. The highest BCUT2D eigenvalue weighted by molar-refractivity contribution is 6.39. The van der Waals surface area contributed by atoms with E-state index in [1.54, 1.807) is 7.11 Å². The van der Waals surface area contributed by atoms with Crippen LogP contribution in [0.15, 0.2) is 42.5 Å². The third kappa shape index (κ3) is 4.19. The SMILES string of the molecule is COc1ccc(C2(CNC(=O)C(=O)Nc3c(C)cccc3C)CCCC2)cc1. The summed E-state index contributed by atoms with van der Waals surface area (Å²) in [6.45, 7) is 4.29. The van der Waals surface area contributed by atoms with Crippen molar-refractivity contribution in [3.05, 3.63) is 59.2 Å². The smallest absolute Gasteiger partial charge is 0.313 e. The Morgan fingerprint density at radius 1 is 0.964 bits per heavy atom. The second-order valence-corrected chi connectivity index (χ2v) is 7.62. The van der Waals surface area contributed by atoms with Gasteiger partial charge in [-0.05, 0) is 55.5 Å². The fraction of sp³-hybridized carbons (Fsp3) is 0.391. The highest BCUT2D eigenvalue weighted by atomic mass is 16.5. The fourth-order valence-electron chi connectivity index (χ4n) is 4.08. The maximum Gasteiger partial charge on any atom is 0.313 e. The molecule has 0 radical (unpaired) electrons. The second kappa shape index (κ2) is 8.46. The van der Waals surface area contributed by atoms with Crippen LogP contribution in [0.25, 0.3) is 0 Å². The summed E-state index contributed by atoms with van der Waals surface area (Å²) in [4.78, 5) is 24.9. The Kier molecular flexibility index (Phi) is 6.02. The number of hydrogen-bond donors (Lipinski definition) is 2. The number of anilines is 1. The molecule has 3 rings (SSSR count). The van der Waals surface area contributed by atoms with Crippen LogP contribution in [0.5, 0.6) is 5.75 Å². The molecule has 1 aliphatic rings. The molecule has 1 fully saturated rings. The minimum Gasteiger partial charge on any atom is -0.497 e. The fourth-order valence-corrected chi connectivity index (χ4v) is 4.08. The summed E-state index contributed by atoms with van der Waals surface area (Å²) in [5, 5.41) is 5.62. The lowest BCUT2D eigenvalue weighted by atomic mass is 9.78. The Morgan fingerprint density at radius 2 is 1.57 bits per heavy atom. The number of hydrogen-bond acceptors (Lipinski definition) is 3. The van der Waals surface area contributed by atoms with E-state index in [4.69, 9.17) is 4.74 Å². The zero-order valence-electron chi connectivity index (χ0n) is 16.8. The van der Waals surface area contributed by atoms with Gasteiger partial charge in [-0.25, -0.2) is 0 Å². The van der Waals surface area contributed by atoms with E-state index in [9.17, 15) is 9.59 Å². The van der Waals surface area contributed by atoms with E-state index in [0.717, 1.165) is 42.6 Å². The van der Waals surface area contributed by atoms with Crippen molar-refractivity contribution in [1.82, 2.24) is 5.32 Å². The van der Waals surface area contributed by atoms with Crippen LogP contribution in [0.2, 0.25) is 0 Å². The van der Waals surface area contributed by atoms with E-state index in [-0.39, 0.29) is 5.41 Å². The molecule has 0 saturated heterocycles. The van der Waals surface area contributed by atoms with Gasteiger partial charge < -0.3 is 15.4 Å². The Labute approximate surface area is 166 Å². The van der Waals surface area contributed by atoms with Crippen LogP contribution in [-0.4, -0.2) is 25.5 Å². The lowest BCUT2D eigenvalue weighted by Crippen LogP contribution is -2.43. The van der Waals surface area contributed by atoms with E-state index in [0.29, 0.717) is 12.2 Å². The largest absolute Gasteiger partial charge is 0.497 e. The van der Waals surface area contributed by atoms with E-state index >= 15 is 0 Å². The van der Waals surface area contributed by atoms with Gasteiger partial charge in [0.15, 0.2) is 0 Å². The van der Waals surface area contributed by atoms with E-state index in [2.05, 4.69) is 22.8 Å². The van der Waals surface area contributed by atoms with Crippen molar-refractivity contribution in [2.24, 2.45) is 0 Å². The van der Waals surface area contributed by atoms with Gasteiger partial charge in [-0.3, -0.25) is 9.59 Å². The van der Waals surface area contributed by atoms with Crippen molar-refractivity contribution in [3.63, 3.8) is 0 Å². The van der Waals surface area contributed by atoms with Crippen molar-refractivity contribution >= 4 is 17.5 Å². The molecule has 148 valence electrons. The first-order valence-electron chi connectivity index (χ1n) is 9.75. The van der Waals surface area contributed by atoms with Crippen molar-refractivity contribution < 1.29 is 14.3 Å². The minimum absolute atomic E-state index is 0.124. The topological polar surface area (TPSA) is 67.4 Å². The highest BCUT2D eigenvalue weighted by Gasteiger charge is 2.36. The predicted molar refractivity (Wildman–Crippen MR) is 111 cm³/mol. The number of amides is 2. The summed E-state index contributed by atoms with van der Waals surface area (Å²) in [6.07, 6.45) is 4.24. The first-order valence-corrected chi connectivity index (χ1v) is 9.75. The van der Waals surface area contributed by atoms with Gasteiger partial charge in [0.2, 0.25) is 0 Å². The summed E-state index contributed by atoms with van der Waals surface area (Å²) in [5.74, 6) is -0.406. The summed E-state index contributed by atoms with van der Waals surface area (Å²) in [7, 11) is 1.65. The molecule has 0 unspecified atom stereocenters. The number of nitrogens with one attached hydrogen (secondary N) is 2. The van der Waals surface area contributed by atoms with Gasteiger partial charge in [-0.15, -0.1) is 0 Å². The number of rotatable bonds is 5.